The molecule has 3 aliphatic rings. The van der Waals surface area contributed by atoms with Crippen LogP contribution in [0.25, 0.3) is 11.0 Å². The van der Waals surface area contributed by atoms with Crippen molar-refractivity contribution in [3.8, 4) is 0 Å². The summed E-state index contributed by atoms with van der Waals surface area (Å²) in [6.07, 6.45) is 5.45. The number of carbonyl (C=O) groups is 3. The van der Waals surface area contributed by atoms with Gasteiger partial charge in [-0.1, -0.05) is 59.8 Å². The molecule has 45 heavy (non-hydrogen) atoms. The van der Waals surface area contributed by atoms with Crippen molar-refractivity contribution in [3.63, 3.8) is 0 Å². The molecule has 3 saturated heterocycles. The number of aliphatic hydroxyl groups excluding tert-OH is 1. The van der Waals surface area contributed by atoms with E-state index in [4.69, 9.17) is 9.47 Å². The fourth-order valence-corrected chi connectivity index (χ4v) is 7.39. The summed E-state index contributed by atoms with van der Waals surface area (Å²) in [6, 6.07) is 15.2. The molecule has 11 nitrogen and oxygen atoms in total. The van der Waals surface area contributed by atoms with Crippen molar-refractivity contribution in [1.29, 1.82) is 0 Å². The van der Waals surface area contributed by atoms with Gasteiger partial charge in [0.1, 0.15) is 23.8 Å². The normalized spacial score (nSPS) is 25.7. The van der Waals surface area contributed by atoms with Crippen LogP contribution in [0, 0.1) is 11.8 Å². The maximum absolute atomic E-state index is 14.8. The highest BCUT2D eigenvalue weighted by Crippen LogP contribution is 2.59. The number of hydrogen-bond acceptors (Lipinski definition) is 8. The first-order chi connectivity index (χ1) is 21.9. The fourth-order valence-electron chi connectivity index (χ4n) is 7.39. The Morgan fingerprint density at radius 1 is 1.16 bits per heavy atom. The quantitative estimate of drug-likeness (QED) is 0.167. The summed E-state index contributed by atoms with van der Waals surface area (Å²) in [5.74, 6) is -2.96. The van der Waals surface area contributed by atoms with Crippen molar-refractivity contribution in [3.05, 3.63) is 85.5 Å². The molecule has 6 rings (SSSR count). The van der Waals surface area contributed by atoms with Crippen LogP contribution in [0.3, 0.4) is 0 Å². The molecule has 0 aliphatic carbocycles. The molecule has 11 heteroatoms. The van der Waals surface area contributed by atoms with Crippen molar-refractivity contribution in [2.24, 2.45) is 11.8 Å². The number of aromatic nitrogens is 3. The number of hydrogen-bond donors (Lipinski definition) is 1. The Morgan fingerprint density at radius 3 is 2.69 bits per heavy atom. The Morgan fingerprint density at radius 2 is 1.93 bits per heavy atom. The lowest BCUT2D eigenvalue weighted by Crippen LogP contribution is -2.59. The van der Waals surface area contributed by atoms with Crippen molar-refractivity contribution in [1.82, 2.24) is 24.8 Å². The molecule has 3 aliphatic heterocycles. The molecule has 3 fully saturated rings. The number of benzene rings is 2. The standard InChI is InChI=1S/C34H39N5O6/c1-3-5-11-19-44-33(43)28-27-16-17-34(45-27)29(28)31(41)39(24(21-40)20-23-12-7-6-8-13-23)30(34)32(42)37(18-4-2)22-38-26-15-10-9-14-25(26)35-36-38/h3-4,6-10,12-15,24,27-30,40H,1-2,5,11,16-22H2/t24-,27-,28+,29+,30?,34?/m1/s1. The van der Waals surface area contributed by atoms with E-state index in [0.29, 0.717) is 37.6 Å². The first-order valence-electron chi connectivity index (χ1n) is 15.5. The summed E-state index contributed by atoms with van der Waals surface area (Å²) >= 11 is 0. The van der Waals surface area contributed by atoms with Crippen LogP contribution in [-0.2, 0) is 36.9 Å². The molecular weight excluding hydrogens is 574 g/mol. The first-order valence-corrected chi connectivity index (χ1v) is 15.5. The van der Waals surface area contributed by atoms with Gasteiger partial charge in [0.2, 0.25) is 11.8 Å². The highest BCUT2D eigenvalue weighted by atomic mass is 16.6. The summed E-state index contributed by atoms with van der Waals surface area (Å²) < 4.78 is 13.9. The maximum atomic E-state index is 14.8. The molecule has 2 bridgehead atoms. The minimum atomic E-state index is -1.24. The van der Waals surface area contributed by atoms with Crippen LogP contribution in [0.15, 0.2) is 79.9 Å². The summed E-state index contributed by atoms with van der Waals surface area (Å²) in [6.45, 7) is 7.65. The summed E-state index contributed by atoms with van der Waals surface area (Å²) in [5.41, 5.74) is 1.11. The zero-order valence-corrected chi connectivity index (χ0v) is 25.2. The maximum Gasteiger partial charge on any atom is 0.312 e. The van der Waals surface area contributed by atoms with Crippen LogP contribution in [0.2, 0.25) is 0 Å². The molecule has 2 unspecified atom stereocenters. The van der Waals surface area contributed by atoms with Gasteiger partial charge in [-0.15, -0.1) is 18.3 Å². The monoisotopic (exact) mass is 613 g/mol. The van der Waals surface area contributed by atoms with E-state index in [2.05, 4.69) is 23.5 Å². The van der Waals surface area contributed by atoms with Crippen molar-refractivity contribution in [2.75, 3.05) is 19.8 Å². The van der Waals surface area contributed by atoms with Gasteiger partial charge in [0.25, 0.3) is 0 Å². The van der Waals surface area contributed by atoms with Gasteiger partial charge in [-0.05, 0) is 49.8 Å². The van der Waals surface area contributed by atoms with Crippen LogP contribution in [0.5, 0.6) is 0 Å². The van der Waals surface area contributed by atoms with Crippen LogP contribution in [0.4, 0.5) is 0 Å². The van der Waals surface area contributed by atoms with E-state index in [-0.39, 0.29) is 38.2 Å². The molecule has 1 N–H and O–H groups in total. The third-order valence-corrected chi connectivity index (χ3v) is 9.35. The van der Waals surface area contributed by atoms with Gasteiger partial charge in [0.05, 0.1) is 42.7 Å². The minimum absolute atomic E-state index is 0.0608. The Balaban J connectivity index is 1.37. The van der Waals surface area contributed by atoms with E-state index in [1.807, 2.05) is 54.6 Å². The van der Waals surface area contributed by atoms with Crippen LogP contribution in [-0.4, -0.2) is 91.2 Å². The number of ether oxygens (including phenoxy) is 2. The molecular formula is C34H39N5O6. The summed E-state index contributed by atoms with van der Waals surface area (Å²) in [5, 5.41) is 19.2. The average Bonchev–Trinajstić information content (AvgIpc) is 3.81. The number of aliphatic hydroxyl groups is 1. The van der Waals surface area contributed by atoms with Crippen LogP contribution >= 0.6 is 0 Å². The molecule has 1 spiro atoms. The molecule has 6 atom stereocenters. The number of para-hydroxylation sites is 1. The largest absolute Gasteiger partial charge is 0.465 e. The molecule has 1 aromatic heterocycles. The lowest BCUT2D eigenvalue weighted by molar-refractivity contribution is -0.157. The number of likely N-dealkylation sites (tertiary alicyclic amines) is 1. The number of esters is 1. The molecule has 2 aromatic carbocycles. The Kier molecular flexibility index (Phi) is 8.82. The number of nitrogens with zero attached hydrogens (tertiary/aromatic N) is 5. The van der Waals surface area contributed by atoms with Crippen molar-refractivity contribution >= 4 is 28.8 Å². The van der Waals surface area contributed by atoms with E-state index >= 15 is 0 Å². The topological polar surface area (TPSA) is 127 Å². The number of rotatable bonds is 14. The van der Waals surface area contributed by atoms with E-state index < -0.39 is 41.6 Å². The summed E-state index contributed by atoms with van der Waals surface area (Å²) in [4.78, 5) is 45.9. The second-order valence-electron chi connectivity index (χ2n) is 12.0. The van der Waals surface area contributed by atoms with Gasteiger partial charge in [-0.2, -0.15) is 0 Å². The fraction of sp³-hybridized carbons (Fsp3) is 0.441. The second kappa shape index (κ2) is 12.9. The summed E-state index contributed by atoms with van der Waals surface area (Å²) in [7, 11) is 0. The van der Waals surface area contributed by atoms with Gasteiger partial charge in [-0.3, -0.25) is 14.4 Å². The van der Waals surface area contributed by atoms with E-state index in [1.165, 1.54) is 4.90 Å². The first kappa shape index (κ1) is 30.7. The molecule has 4 heterocycles. The third kappa shape index (κ3) is 5.44. The number of allylic oxidation sites excluding steroid dienone is 1. The van der Waals surface area contributed by atoms with Gasteiger partial charge >= 0.3 is 5.97 Å². The molecule has 236 valence electrons. The third-order valence-electron chi connectivity index (χ3n) is 9.35. The number of fused-ring (bicyclic) bond motifs is 2. The predicted octanol–water partition coefficient (Wildman–Crippen LogP) is 2.89. The van der Waals surface area contributed by atoms with Crippen molar-refractivity contribution < 1.29 is 29.0 Å². The van der Waals surface area contributed by atoms with E-state index in [0.717, 1.165) is 11.1 Å². The number of amides is 2. The lowest BCUT2D eigenvalue weighted by Gasteiger charge is -2.39. The van der Waals surface area contributed by atoms with Crippen molar-refractivity contribution in [2.45, 2.75) is 62.6 Å². The Labute approximate surface area is 262 Å². The Bertz CT molecular complexity index is 1580. The smallest absolute Gasteiger partial charge is 0.312 e. The Hall–Kier alpha value is -4.35. The molecule has 3 aromatic rings. The van der Waals surface area contributed by atoms with Crippen LogP contribution < -0.4 is 0 Å². The van der Waals surface area contributed by atoms with Gasteiger partial charge in [-0.25, -0.2) is 4.68 Å². The lowest BCUT2D eigenvalue weighted by atomic mass is 9.70. The predicted molar refractivity (Wildman–Crippen MR) is 165 cm³/mol. The zero-order chi connectivity index (χ0) is 31.6. The van der Waals surface area contributed by atoms with Crippen LogP contribution in [0.1, 0.15) is 31.2 Å². The highest BCUT2D eigenvalue weighted by Gasteiger charge is 2.75. The average molecular weight is 614 g/mol. The minimum Gasteiger partial charge on any atom is -0.465 e. The van der Waals surface area contributed by atoms with E-state index in [9.17, 15) is 19.5 Å². The molecule has 2 amide bonds. The molecule has 0 saturated carbocycles. The SMILES string of the molecule is C=CCCCOC(=O)[C@@H]1[C@H]2C(=O)N([C@@H](CO)Cc3ccccc3)C(C(=O)N(CC=C)Cn3nnc4ccccc43)C23CC[C@H]1O3. The highest BCUT2D eigenvalue weighted by molar-refractivity contribution is 5.98. The zero-order valence-electron chi connectivity index (χ0n) is 25.2. The van der Waals surface area contributed by atoms with Gasteiger partial charge in [0, 0.05) is 6.54 Å². The second-order valence-corrected chi connectivity index (χ2v) is 12.0. The van der Waals surface area contributed by atoms with E-state index in [1.54, 1.807) is 21.7 Å². The van der Waals surface area contributed by atoms with Gasteiger partial charge in [0.15, 0.2) is 0 Å². The number of unbranched alkanes of at least 4 members (excludes halogenated alkanes) is 1. The number of carbonyl (C=O) groups excluding carboxylic acids is 3. The molecule has 0 radical (unpaired) electrons. The van der Waals surface area contributed by atoms with Gasteiger partial charge < -0.3 is 24.4 Å².